The number of carbonyl (C=O) groups excluding carboxylic acids is 1. The monoisotopic (exact) mass is 416 g/mol. The minimum absolute atomic E-state index is 0.0180. The van der Waals surface area contributed by atoms with Gasteiger partial charge in [-0.2, -0.15) is 10.4 Å². The summed E-state index contributed by atoms with van der Waals surface area (Å²) in [5.74, 6) is 0.205. The van der Waals surface area contributed by atoms with Crippen LogP contribution >= 0.6 is 0 Å². The molecule has 0 radical (unpaired) electrons. The third-order valence-electron chi connectivity index (χ3n) is 5.35. The summed E-state index contributed by atoms with van der Waals surface area (Å²) < 4.78 is 2.02. The summed E-state index contributed by atoms with van der Waals surface area (Å²) in [5.41, 5.74) is 2.95. The third kappa shape index (κ3) is 5.05. The lowest BCUT2D eigenvalue weighted by Gasteiger charge is -2.28. The minimum atomic E-state index is -0.278. The van der Waals surface area contributed by atoms with Crippen LogP contribution in [0.4, 0.5) is 11.6 Å². The molecular formula is C22H24N8O. The van der Waals surface area contributed by atoms with E-state index in [-0.39, 0.29) is 12.5 Å². The Balaban J connectivity index is 1.43. The zero-order chi connectivity index (χ0) is 21.6. The molecule has 2 aromatic heterocycles. The maximum absolute atomic E-state index is 11.9. The largest absolute Gasteiger partial charge is 0.339 e. The molecule has 3 aromatic rings. The predicted molar refractivity (Wildman–Crippen MR) is 117 cm³/mol. The molecule has 2 N–H and O–H groups in total. The number of anilines is 2. The molecule has 0 saturated carbocycles. The number of benzene rings is 1. The topological polar surface area (TPSA) is 112 Å². The molecule has 3 heterocycles. The number of nitriles is 1. The molecule has 1 aliphatic rings. The summed E-state index contributed by atoms with van der Waals surface area (Å²) in [5, 5.41) is 18.8. The number of piperidine rings is 1. The van der Waals surface area contributed by atoms with E-state index in [1.807, 2.05) is 35.1 Å². The Morgan fingerprint density at radius 3 is 2.74 bits per heavy atom. The zero-order valence-electron chi connectivity index (χ0n) is 17.3. The molecular weight excluding hydrogens is 392 g/mol. The van der Waals surface area contributed by atoms with Gasteiger partial charge >= 0.3 is 0 Å². The SMILES string of the molecule is CN1CCC(n2cc(Nc3nccc(-c4ccc(C(=O)NCC#N)cc4)n3)cn2)CC1. The van der Waals surface area contributed by atoms with Crippen LogP contribution in [0.2, 0.25) is 0 Å². The first-order valence-electron chi connectivity index (χ1n) is 10.2. The van der Waals surface area contributed by atoms with E-state index in [4.69, 9.17) is 5.26 Å². The smallest absolute Gasteiger partial charge is 0.252 e. The molecule has 31 heavy (non-hydrogen) atoms. The van der Waals surface area contributed by atoms with Crippen molar-refractivity contribution in [1.82, 2.24) is 30.0 Å². The van der Waals surface area contributed by atoms with Crippen LogP contribution in [0.1, 0.15) is 29.2 Å². The second kappa shape index (κ2) is 9.36. The average Bonchev–Trinajstić information content (AvgIpc) is 3.26. The third-order valence-corrected chi connectivity index (χ3v) is 5.35. The quantitative estimate of drug-likeness (QED) is 0.594. The van der Waals surface area contributed by atoms with Crippen molar-refractivity contribution >= 4 is 17.5 Å². The van der Waals surface area contributed by atoms with Crippen molar-refractivity contribution in [2.45, 2.75) is 18.9 Å². The Hall–Kier alpha value is -3.77. The van der Waals surface area contributed by atoms with Crippen molar-refractivity contribution in [1.29, 1.82) is 5.26 Å². The lowest BCUT2D eigenvalue weighted by atomic mass is 10.1. The van der Waals surface area contributed by atoms with Gasteiger partial charge in [-0.15, -0.1) is 0 Å². The van der Waals surface area contributed by atoms with E-state index in [0.29, 0.717) is 17.6 Å². The van der Waals surface area contributed by atoms with Crippen molar-refractivity contribution in [3.05, 3.63) is 54.5 Å². The second-order valence-corrected chi connectivity index (χ2v) is 7.55. The summed E-state index contributed by atoms with van der Waals surface area (Å²) in [6.07, 6.45) is 7.67. The number of amides is 1. The van der Waals surface area contributed by atoms with Gasteiger partial charge in [0.15, 0.2) is 0 Å². The van der Waals surface area contributed by atoms with E-state index < -0.39 is 0 Å². The minimum Gasteiger partial charge on any atom is -0.339 e. The Kier molecular flexibility index (Phi) is 6.19. The molecule has 1 aromatic carbocycles. The van der Waals surface area contributed by atoms with E-state index in [0.717, 1.165) is 42.9 Å². The fourth-order valence-corrected chi connectivity index (χ4v) is 3.58. The number of carbonyl (C=O) groups is 1. The highest BCUT2D eigenvalue weighted by Gasteiger charge is 2.19. The van der Waals surface area contributed by atoms with Crippen LogP contribution in [0.5, 0.6) is 0 Å². The van der Waals surface area contributed by atoms with Gasteiger partial charge in [0, 0.05) is 23.5 Å². The molecule has 4 rings (SSSR count). The van der Waals surface area contributed by atoms with E-state index >= 15 is 0 Å². The van der Waals surface area contributed by atoms with Crippen LogP contribution < -0.4 is 10.6 Å². The standard InChI is InChI=1S/C22H24N8O/c1-29-12-7-19(8-13-29)30-15-18(14-26-30)27-22-25-10-6-20(28-22)16-2-4-17(5-3-16)21(31)24-11-9-23/h2-6,10,14-15,19H,7-8,11-13H2,1H3,(H,24,31)(H,25,27,28). The maximum Gasteiger partial charge on any atom is 0.252 e. The Labute approximate surface area is 180 Å². The Morgan fingerprint density at radius 1 is 1.23 bits per heavy atom. The van der Waals surface area contributed by atoms with Crippen LogP contribution in [0.15, 0.2) is 48.9 Å². The van der Waals surface area contributed by atoms with Crippen molar-refractivity contribution in [2.24, 2.45) is 0 Å². The highest BCUT2D eigenvalue weighted by Crippen LogP contribution is 2.24. The zero-order valence-corrected chi connectivity index (χ0v) is 17.3. The van der Waals surface area contributed by atoms with Gasteiger partial charge in [0.25, 0.3) is 5.91 Å². The molecule has 1 amide bonds. The van der Waals surface area contributed by atoms with Gasteiger partial charge in [-0.1, -0.05) is 12.1 Å². The molecule has 0 spiro atoms. The van der Waals surface area contributed by atoms with Gasteiger partial charge in [0.2, 0.25) is 5.95 Å². The van der Waals surface area contributed by atoms with Crippen LogP contribution in [0, 0.1) is 11.3 Å². The molecule has 1 aliphatic heterocycles. The summed E-state index contributed by atoms with van der Waals surface area (Å²) in [4.78, 5) is 23.2. The number of rotatable bonds is 6. The molecule has 9 heteroatoms. The molecule has 1 fully saturated rings. The highest BCUT2D eigenvalue weighted by molar-refractivity contribution is 5.94. The van der Waals surface area contributed by atoms with Gasteiger partial charge in [-0.3, -0.25) is 9.48 Å². The Bertz CT molecular complexity index is 1080. The first-order valence-corrected chi connectivity index (χ1v) is 10.2. The van der Waals surface area contributed by atoms with Crippen LogP contribution in [-0.4, -0.2) is 57.2 Å². The number of likely N-dealkylation sites (tertiary alicyclic amines) is 1. The number of hydrogen-bond donors (Lipinski definition) is 2. The first kappa shape index (κ1) is 20.5. The van der Waals surface area contributed by atoms with Gasteiger partial charge < -0.3 is 15.5 Å². The predicted octanol–water partition coefficient (Wildman–Crippen LogP) is 2.60. The number of aromatic nitrogens is 4. The summed E-state index contributed by atoms with van der Waals surface area (Å²) in [6, 6.07) is 11.2. The van der Waals surface area contributed by atoms with E-state index in [1.54, 1.807) is 24.5 Å². The lowest BCUT2D eigenvalue weighted by Crippen LogP contribution is -2.31. The molecule has 0 unspecified atom stereocenters. The normalized spacial score (nSPS) is 14.7. The van der Waals surface area contributed by atoms with Crippen LogP contribution in [0.25, 0.3) is 11.3 Å². The number of hydrogen-bond acceptors (Lipinski definition) is 7. The van der Waals surface area contributed by atoms with E-state index in [9.17, 15) is 4.79 Å². The molecule has 1 saturated heterocycles. The lowest BCUT2D eigenvalue weighted by molar-refractivity contribution is 0.0958. The fourth-order valence-electron chi connectivity index (χ4n) is 3.58. The molecule has 0 bridgehead atoms. The fraction of sp³-hybridized carbons (Fsp3) is 0.318. The van der Waals surface area contributed by atoms with Crippen LogP contribution in [0.3, 0.4) is 0 Å². The van der Waals surface area contributed by atoms with Gasteiger partial charge in [-0.05, 0) is 51.2 Å². The van der Waals surface area contributed by atoms with Crippen LogP contribution in [-0.2, 0) is 0 Å². The highest BCUT2D eigenvalue weighted by atomic mass is 16.1. The van der Waals surface area contributed by atoms with Crippen molar-refractivity contribution in [2.75, 3.05) is 32.0 Å². The van der Waals surface area contributed by atoms with E-state index in [2.05, 4.69) is 37.6 Å². The molecule has 9 nitrogen and oxygen atoms in total. The number of nitrogens with one attached hydrogen (secondary N) is 2. The van der Waals surface area contributed by atoms with Gasteiger partial charge in [0.05, 0.1) is 29.7 Å². The van der Waals surface area contributed by atoms with E-state index in [1.165, 1.54) is 0 Å². The Morgan fingerprint density at radius 2 is 2.00 bits per heavy atom. The molecule has 0 atom stereocenters. The summed E-state index contributed by atoms with van der Waals surface area (Å²) in [7, 11) is 2.15. The maximum atomic E-state index is 11.9. The molecule has 158 valence electrons. The van der Waals surface area contributed by atoms with Crippen molar-refractivity contribution < 1.29 is 4.79 Å². The summed E-state index contributed by atoms with van der Waals surface area (Å²) in [6.45, 7) is 2.14. The summed E-state index contributed by atoms with van der Waals surface area (Å²) >= 11 is 0. The van der Waals surface area contributed by atoms with Crippen molar-refractivity contribution in [3.8, 4) is 17.3 Å². The average molecular weight is 416 g/mol. The van der Waals surface area contributed by atoms with Gasteiger partial charge in [0.1, 0.15) is 6.54 Å². The first-order chi connectivity index (χ1) is 15.1. The molecule has 0 aliphatic carbocycles. The number of nitrogens with zero attached hydrogens (tertiary/aromatic N) is 6. The second-order valence-electron chi connectivity index (χ2n) is 7.55. The van der Waals surface area contributed by atoms with Gasteiger partial charge in [-0.25, -0.2) is 9.97 Å². The van der Waals surface area contributed by atoms with Crippen molar-refractivity contribution in [3.63, 3.8) is 0 Å².